The number of rotatable bonds is 6. The maximum atomic E-state index is 11.0. The van der Waals surface area contributed by atoms with E-state index >= 15 is 0 Å². The van der Waals surface area contributed by atoms with Gasteiger partial charge >= 0.3 is 5.97 Å². The zero-order valence-electron chi connectivity index (χ0n) is 15.3. The summed E-state index contributed by atoms with van der Waals surface area (Å²) in [4.78, 5) is 19.7. The van der Waals surface area contributed by atoms with E-state index in [1.807, 2.05) is 43.3 Å². The molecule has 0 radical (unpaired) electrons. The lowest BCUT2D eigenvalue weighted by atomic mass is 10.2. The molecule has 0 aliphatic heterocycles. The molecular weight excluding hydrogens is 356 g/mol. The molecule has 6 heteroatoms. The minimum absolute atomic E-state index is 0.0249. The second-order valence-corrected chi connectivity index (χ2v) is 6.34. The third-order valence-corrected chi connectivity index (χ3v) is 4.40. The number of benzene rings is 2. The highest BCUT2D eigenvalue weighted by atomic mass is 16.5. The Hall–Kier alpha value is -3.67. The Balaban J connectivity index is 1.43. The van der Waals surface area contributed by atoms with Crippen molar-refractivity contribution >= 4 is 16.9 Å². The summed E-state index contributed by atoms with van der Waals surface area (Å²) < 4.78 is 11.6. The van der Waals surface area contributed by atoms with Crippen molar-refractivity contribution in [2.45, 2.75) is 13.3 Å². The molecule has 140 valence electrons. The average molecular weight is 374 g/mol. The maximum absolute atomic E-state index is 11.0. The molecule has 0 saturated heterocycles. The van der Waals surface area contributed by atoms with E-state index < -0.39 is 5.97 Å². The van der Waals surface area contributed by atoms with Gasteiger partial charge in [-0.15, -0.1) is 0 Å². The number of carboxylic acids is 1. The lowest BCUT2D eigenvalue weighted by Crippen LogP contribution is -2.03. The lowest BCUT2D eigenvalue weighted by molar-refractivity contribution is 0.0691. The first-order valence-electron chi connectivity index (χ1n) is 8.89. The Bertz CT molecular complexity index is 1140. The van der Waals surface area contributed by atoms with E-state index in [2.05, 4.69) is 9.97 Å². The van der Waals surface area contributed by atoms with Gasteiger partial charge in [0.05, 0.1) is 17.8 Å². The number of carboxylic acid groups (broad SMARTS) is 1. The third-order valence-electron chi connectivity index (χ3n) is 4.40. The molecule has 2 heterocycles. The predicted octanol–water partition coefficient (Wildman–Crippen LogP) is 4.52. The van der Waals surface area contributed by atoms with Crippen molar-refractivity contribution in [2.24, 2.45) is 0 Å². The number of hydrogen-bond donors (Lipinski definition) is 1. The largest absolute Gasteiger partial charge is 0.493 e. The average Bonchev–Trinajstić information content (AvgIpc) is 3.09. The fourth-order valence-corrected chi connectivity index (χ4v) is 2.94. The molecule has 0 aliphatic carbocycles. The smallest absolute Gasteiger partial charge is 0.354 e. The summed E-state index contributed by atoms with van der Waals surface area (Å²) in [7, 11) is 0. The monoisotopic (exact) mass is 374 g/mol. The van der Waals surface area contributed by atoms with Crippen molar-refractivity contribution in [1.82, 2.24) is 9.97 Å². The zero-order chi connectivity index (χ0) is 19.5. The van der Waals surface area contributed by atoms with Crippen molar-refractivity contribution < 1.29 is 19.1 Å². The molecule has 1 N–H and O–H groups in total. The van der Waals surface area contributed by atoms with Gasteiger partial charge in [-0.1, -0.05) is 24.3 Å². The number of aromatic nitrogens is 2. The number of fused-ring (bicyclic) bond motifs is 1. The molecule has 0 aliphatic rings. The molecule has 6 nitrogen and oxygen atoms in total. The second kappa shape index (κ2) is 7.52. The molecule has 4 rings (SSSR count). The number of aryl methyl sites for hydroxylation is 1. The van der Waals surface area contributed by atoms with E-state index in [1.165, 1.54) is 6.07 Å². The Morgan fingerprint density at radius 1 is 1.07 bits per heavy atom. The SMILES string of the molecule is Cc1oc(-c2ccccc2)nc1CCOc1ccc2nc(C(=O)O)ccc2c1. The van der Waals surface area contributed by atoms with Gasteiger partial charge in [-0.25, -0.2) is 14.8 Å². The molecule has 2 aromatic carbocycles. The summed E-state index contributed by atoms with van der Waals surface area (Å²) >= 11 is 0. The molecule has 4 aromatic rings. The van der Waals surface area contributed by atoms with Crippen LogP contribution in [-0.4, -0.2) is 27.7 Å². The molecule has 0 bridgehead atoms. The van der Waals surface area contributed by atoms with E-state index in [1.54, 1.807) is 18.2 Å². The summed E-state index contributed by atoms with van der Waals surface area (Å²) in [5.41, 5.74) is 2.46. The molecule has 0 fully saturated rings. The number of aromatic carboxylic acids is 1. The van der Waals surface area contributed by atoms with Crippen molar-refractivity contribution in [3.8, 4) is 17.2 Å². The van der Waals surface area contributed by atoms with Gasteiger partial charge in [0.15, 0.2) is 0 Å². The highest BCUT2D eigenvalue weighted by Gasteiger charge is 2.11. The predicted molar refractivity (Wildman–Crippen MR) is 105 cm³/mol. The zero-order valence-corrected chi connectivity index (χ0v) is 15.3. The number of carbonyl (C=O) groups is 1. The van der Waals surface area contributed by atoms with Crippen molar-refractivity contribution in [2.75, 3.05) is 6.61 Å². The molecule has 0 atom stereocenters. The van der Waals surface area contributed by atoms with Crippen LogP contribution in [0.4, 0.5) is 0 Å². The van der Waals surface area contributed by atoms with Crippen LogP contribution in [0.3, 0.4) is 0 Å². The number of ether oxygens (including phenoxy) is 1. The van der Waals surface area contributed by atoms with Gasteiger partial charge in [-0.05, 0) is 43.3 Å². The summed E-state index contributed by atoms with van der Waals surface area (Å²) in [5, 5.41) is 9.84. The van der Waals surface area contributed by atoms with Crippen LogP contribution in [0.1, 0.15) is 21.9 Å². The van der Waals surface area contributed by atoms with E-state index in [9.17, 15) is 4.79 Å². The third kappa shape index (κ3) is 3.71. The highest BCUT2D eigenvalue weighted by molar-refractivity contribution is 5.90. The Labute approximate surface area is 161 Å². The molecule has 0 amide bonds. The fraction of sp³-hybridized carbons (Fsp3) is 0.136. The number of oxazole rings is 1. The van der Waals surface area contributed by atoms with Crippen LogP contribution in [-0.2, 0) is 6.42 Å². The number of nitrogens with zero attached hydrogens (tertiary/aromatic N) is 2. The molecule has 2 aromatic heterocycles. The fourth-order valence-electron chi connectivity index (χ4n) is 2.94. The Morgan fingerprint density at radius 3 is 2.68 bits per heavy atom. The van der Waals surface area contributed by atoms with Crippen LogP contribution >= 0.6 is 0 Å². The first-order chi connectivity index (χ1) is 13.6. The van der Waals surface area contributed by atoms with E-state index in [0.717, 1.165) is 22.4 Å². The van der Waals surface area contributed by atoms with Crippen molar-refractivity contribution in [3.63, 3.8) is 0 Å². The van der Waals surface area contributed by atoms with Crippen LogP contribution in [0.5, 0.6) is 5.75 Å². The van der Waals surface area contributed by atoms with Gasteiger partial charge in [0.2, 0.25) is 5.89 Å². The summed E-state index contributed by atoms with van der Waals surface area (Å²) in [5.74, 6) is 1.05. The van der Waals surface area contributed by atoms with Crippen molar-refractivity contribution in [3.05, 3.63) is 77.8 Å². The van der Waals surface area contributed by atoms with Gasteiger partial charge in [-0.2, -0.15) is 0 Å². The van der Waals surface area contributed by atoms with E-state index in [4.69, 9.17) is 14.3 Å². The van der Waals surface area contributed by atoms with Crippen LogP contribution in [0.2, 0.25) is 0 Å². The topological polar surface area (TPSA) is 85.5 Å². The number of pyridine rings is 1. The van der Waals surface area contributed by atoms with E-state index in [0.29, 0.717) is 30.2 Å². The van der Waals surface area contributed by atoms with Crippen LogP contribution in [0.15, 0.2) is 65.1 Å². The number of hydrogen-bond acceptors (Lipinski definition) is 5. The van der Waals surface area contributed by atoms with Crippen LogP contribution in [0, 0.1) is 6.92 Å². The molecule has 0 spiro atoms. The minimum Gasteiger partial charge on any atom is -0.493 e. The van der Waals surface area contributed by atoms with Gasteiger partial charge in [0.25, 0.3) is 0 Å². The minimum atomic E-state index is -1.04. The van der Waals surface area contributed by atoms with Gasteiger partial charge in [-0.3, -0.25) is 0 Å². The van der Waals surface area contributed by atoms with E-state index in [-0.39, 0.29) is 5.69 Å². The van der Waals surface area contributed by atoms with Crippen LogP contribution in [0.25, 0.3) is 22.4 Å². The first kappa shape index (κ1) is 17.7. The normalized spacial score (nSPS) is 10.9. The molecule has 0 unspecified atom stereocenters. The maximum Gasteiger partial charge on any atom is 0.354 e. The summed E-state index contributed by atoms with van der Waals surface area (Å²) in [6.07, 6.45) is 0.621. The molecular formula is C22H18N2O4. The van der Waals surface area contributed by atoms with Gasteiger partial charge in [0, 0.05) is 17.4 Å². The quantitative estimate of drug-likeness (QED) is 0.534. The standard InChI is InChI=1S/C22H18N2O4/c1-14-18(24-21(28-14)15-5-3-2-4-6-15)11-12-27-17-8-10-19-16(13-17)7-9-20(23-19)22(25)26/h2-10,13H,11-12H2,1H3,(H,25,26). The molecule has 28 heavy (non-hydrogen) atoms. The Morgan fingerprint density at radius 2 is 1.89 bits per heavy atom. The van der Waals surface area contributed by atoms with Crippen molar-refractivity contribution in [1.29, 1.82) is 0 Å². The highest BCUT2D eigenvalue weighted by Crippen LogP contribution is 2.23. The summed E-state index contributed by atoms with van der Waals surface area (Å²) in [6.45, 7) is 2.35. The lowest BCUT2D eigenvalue weighted by Gasteiger charge is -2.07. The molecule has 0 saturated carbocycles. The van der Waals surface area contributed by atoms with Gasteiger partial charge < -0.3 is 14.3 Å². The van der Waals surface area contributed by atoms with Crippen LogP contribution < -0.4 is 4.74 Å². The Kier molecular flexibility index (Phi) is 4.76. The first-order valence-corrected chi connectivity index (χ1v) is 8.89. The van der Waals surface area contributed by atoms with Gasteiger partial charge in [0.1, 0.15) is 17.2 Å². The summed E-state index contributed by atoms with van der Waals surface area (Å²) in [6, 6.07) is 18.4. The second-order valence-electron chi connectivity index (χ2n) is 6.34.